The Morgan fingerprint density at radius 1 is 0.964 bits per heavy atom. The van der Waals surface area contributed by atoms with Gasteiger partial charge in [0.1, 0.15) is 0 Å². The van der Waals surface area contributed by atoms with E-state index in [1.54, 1.807) is 24.3 Å². The maximum Gasteiger partial charge on any atom is 0.335 e. The molecule has 6 nitrogen and oxygen atoms in total. The van der Waals surface area contributed by atoms with Gasteiger partial charge in [-0.25, -0.2) is 4.79 Å². The van der Waals surface area contributed by atoms with Gasteiger partial charge in [-0.1, -0.05) is 0 Å². The van der Waals surface area contributed by atoms with E-state index in [9.17, 15) is 13.8 Å². The van der Waals surface area contributed by atoms with Crippen LogP contribution in [-0.2, 0) is 15.6 Å². The minimum absolute atomic E-state index is 0.0858. The normalized spacial score (nSPS) is 22.6. The molecule has 28 heavy (non-hydrogen) atoms. The quantitative estimate of drug-likeness (QED) is 0.844. The lowest BCUT2D eigenvalue weighted by Gasteiger charge is -2.30. The van der Waals surface area contributed by atoms with E-state index in [4.69, 9.17) is 5.11 Å². The number of rotatable bonds is 3. The van der Waals surface area contributed by atoms with E-state index in [1.165, 1.54) is 0 Å². The number of allylic oxidation sites excluding steroid dienone is 2. The largest absolute Gasteiger partial charge is 0.478 e. The Morgan fingerprint density at radius 3 is 2.36 bits per heavy atom. The minimum Gasteiger partial charge on any atom is -0.478 e. The molecule has 7 heteroatoms. The van der Waals surface area contributed by atoms with Crippen molar-refractivity contribution in [1.82, 2.24) is 4.90 Å². The molecule has 1 unspecified atom stereocenters. The average Bonchev–Trinajstić information content (AvgIpc) is 3.20. The third-order valence-electron chi connectivity index (χ3n) is 5.60. The molecule has 2 heterocycles. The lowest BCUT2D eigenvalue weighted by molar-refractivity contribution is -0.126. The number of anilines is 1. The lowest BCUT2D eigenvalue weighted by Crippen LogP contribution is -2.31. The molecular formula is C21H24N2O4S. The van der Waals surface area contributed by atoms with Crippen LogP contribution in [0.5, 0.6) is 0 Å². The van der Waals surface area contributed by atoms with Gasteiger partial charge >= 0.3 is 5.97 Å². The van der Waals surface area contributed by atoms with Crippen LogP contribution < -0.4 is 4.90 Å². The highest BCUT2D eigenvalue weighted by atomic mass is 32.2. The first-order chi connectivity index (χ1) is 13.5. The number of nitrogens with zero attached hydrogens (tertiary/aromatic N) is 2. The first kappa shape index (κ1) is 18.9. The highest BCUT2D eigenvalue weighted by molar-refractivity contribution is 7.89. The Kier molecular flexibility index (Phi) is 5.35. The number of carboxylic acids is 1. The van der Waals surface area contributed by atoms with Gasteiger partial charge in [0.2, 0.25) is 5.91 Å². The first-order valence-electron chi connectivity index (χ1n) is 9.77. The molecule has 1 fully saturated rings. The van der Waals surface area contributed by atoms with Crippen LogP contribution in [0.15, 0.2) is 46.5 Å². The molecule has 1 atom stereocenters. The molecule has 4 rings (SSSR count). The molecular weight excluding hydrogens is 376 g/mol. The molecule has 0 saturated carbocycles. The molecule has 1 aromatic carbocycles. The van der Waals surface area contributed by atoms with Crippen LogP contribution in [0.3, 0.4) is 0 Å². The maximum atomic E-state index is 12.8. The van der Waals surface area contributed by atoms with Crippen molar-refractivity contribution >= 4 is 28.4 Å². The monoisotopic (exact) mass is 400 g/mol. The fourth-order valence-electron chi connectivity index (χ4n) is 4.11. The van der Waals surface area contributed by atoms with E-state index in [0.29, 0.717) is 18.6 Å². The molecule has 2 aliphatic heterocycles. The highest BCUT2D eigenvalue weighted by Crippen LogP contribution is 2.35. The zero-order valence-corrected chi connectivity index (χ0v) is 16.5. The van der Waals surface area contributed by atoms with Crippen LogP contribution in [0, 0.1) is 0 Å². The summed E-state index contributed by atoms with van der Waals surface area (Å²) in [4.78, 5) is 28.7. The van der Waals surface area contributed by atoms with Crippen molar-refractivity contribution < 1.29 is 18.9 Å². The zero-order valence-electron chi connectivity index (χ0n) is 15.7. The van der Waals surface area contributed by atoms with Gasteiger partial charge < -0.3 is 14.9 Å². The second kappa shape index (κ2) is 7.91. The number of hydrogen-bond donors (Lipinski definition) is 1. The summed E-state index contributed by atoms with van der Waals surface area (Å²) >= 11 is 0. The molecule has 0 radical (unpaired) electrons. The molecule has 0 spiro atoms. The summed E-state index contributed by atoms with van der Waals surface area (Å²) in [6, 6.07) is 6.80. The number of benzene rings is 1. The fourth-order valence-corrected chi connectivity index (χ4v) is 5.47. The van der Waals surface area contributed by atoms with E-state index in [2.05, 4.69) is 4.90 Å². The molecule has 1 aliphatic carbocycles. The Bertz CT molecular complexity index is 882. The van der Waals surface area contributed by atoms with E-state index >= 15 is 0 Å². The Hall–Kier alpha value is -2.41. The molecule has 3 aliphatic rings. The predicted molar refractivity (Wildman–Crippen MR) is 109 cm³/mol. The van der Waals surface area contributed by atoms with Gasteiger partial charge in [0.15, 0.2) is 0 Å². The van der Waals surface area contributed by atoms with Crippen molar-refractivity contribution in [2.45, 2.75) is 32.1 Å². The van der Waals surface area contributed by atoms with Crippen LogP contribution in [0.4, 0.5) is 5.69 Å². The second-order valence-electron chi connectivity index (χ2n) is 7.39. The SMILES string of the molecule is O=C(O)c1ccc(N2CCCS(=O)C3=C2CCC(C(=O)N2CCCC2)=C3)cc1. The smallest absolute Gasteiger partial charge is 0.335 e. The molecule has 1 saturated heterocycles. The van der Waals surface area contributed by atoms with Gasteiger partial charge in [0.25, 0.3) is 0 Å². The maximum absolute atomic E-state index is 12.8. The van der Waals surface area contributed by atoms with Crippen molar-refractivity contribution in [2.24, 2.45) is 0 Å². The molecule has 1 aromatic rings. The third kappa shape index (κ3) is 3.63. The Balaban J connectivity index is 1.67. The number of hydrogen-bond acceptors (Lipinski definition) is 4. The van der Waals surface area contributed by atoms with E-state index in [0.717, 1.165) is 60.8 Å². The van der Waals surface area contributed by atoms with Gasteiger partial charge in [-0.05, 0) is 62.4 Å². The number of aromatic carboxylic acids is 1. The summed E-state index contributed by atoms with van der Waals surface area (Å²) in [5.74, 6) is -0.290. The summed E-state index contributed by atoms with van der Waals surface area (Å²) in [6.45, 7) is 2.36. The third-order valence-corrected chi connectivity index (χ3v) is 7.10. The molecule has 0 bridgehead atoms. The highest BCUT2D eigenvalue weighted by Gasteiger charge is 2.30. The predicted octanol–water partition coefficient (Wildman–Crippen LogP) is 2.90. The van der Waals surface area contributed by atoms with Crippen molar-refractivity contribution in [1.29, 1.82) is 0 Å². The molecule has 1 amide bonds. The van der Waals surface area contributed by atoms with Gasteiger partial charge in [-0.15, -0.1) is 0 Å². The second-order valence-corrected chi connectivity index (χ2v) is 8.93. The number of carbonyl (C=O) groups is 2. The van der Waals surface area contributed by atoms with Gasteiger partial charge in [-0.3, -0.25) is 9.00 Å². The van der Waals surface area contributed by atoms with Gasteiger partial charge in [-0.2, -0.15) is 0 Å². The van der Waals surface area contributed by atoms with Crippen molar-refractivity contribution in [3.63, 3.8) is 0 Å². The standard InChI is InChI=1S/C21H24N2O4S/c24-20(22-10-1-2-11-22)16-6-9-18-19(14-16)28(27)13-3-12-23(18)17-7-4-15(5-8-17)21(25)26/h4-5,7-8,14H,1-3,6,9-13H2,(H,25,26). The summed E-state index contributed by atoms with van der Waals surface area (Å²) in [5.41, 5.74) is 2.91. The minimum atomic E-state index is -1.12. The lowest BCUT2D eigenvalue weighted by atomic mass is 9.99. The topological polar surface area (TPSA) is 77.9 Å². The van der Waals surface area contributed by atoms with Crippen molar-refractivity contribution in [3.05, 3.63) is 52.1 Å². The summed E-state index contributed by atoms with van der Waals surface area (Å²) in [6.07, 6.45) is 6.07. The van der Waals surface area contributed by atoms with Crippen LogP contribution in [0.25, 0.3) is 0 Å². The van der Waals surface area contributed by atoms with Crippen molar-refractivity contribution in [3.8, 4) is 0 Å². The summed E-state index contributed by atoms with van der Waals surface area (Å²) < 4.78 is 12.8. The summed E-state index contributed by atoms with van der Waals surface area (Å²) in [5, 5.41) is 9.12. The first-order valence-corrected chi connectivity index (χ1v) is 11.1. The van der Waals surface area contributed by atoms with Crippen LogP contribution in [0.2, 0.25) is 0 Å². The van der Waals surface area contributed by atoms with Crippen LogP contribution >= 0.6 is 0 Å². The number of carboxylic acid groups (broad SMARTS) is 1. The van der Waals surface area contributed by atoms with Gasteiger partial charge in [0.05, 0.1) is 21.3 Å². The zero-order chi connectivity index (χ0) is 19.7. The fraction of sp³-hybridized carbons (Fsp3) is 0.429. The molecule has 1 N–H and O–H groups in total. The molecule has 148 valence electrons. The van der Waals surface area contributed by atoms with Crippen molar-refractivity contribution in [2.75, 3.05) is 30.3 Å². The van der Waals surface area contributed by atoms with Gasteiger partial charge in [0, 0.05) is 42.3 Å². The Morgan fingerprint density at radius 2 is 1.68 bits per heavy atom. The van der Waals surface area contributed by atoms with Crippen LogP contribution in [-0.4, -0.2) is 51.5 Å². The summed E-state index contributed by atoms with van der Waals surface area (Å²) in [7, 11) is -1.12. The van der Waals surface area contributed by atoms with Crippen LogP contribution in [0.1, 0.15) is 42.5 Å². The average molecular weight is 401 g/mol. The number of carbonyl (C=O) groups excluding carboxylic acids is 1. The Labute approximate surface area is 167 Å². The van der Waals surface area contributed by atoms with E-state index < -0.39 is 16.8 Å². The molecule has 0 aromatic heterocycles. The number of amides is 1. The number of likely N-dealkylation sites (tertiary alicyclic amines) is 1. The van der Waals surface area contributed by atoms with E-state index in [-0.39, 0.29) is 11.5 Å². The van der Waals surface area contributed by atoms with E-state index in [1.807, 2.05) is 11.0 Å².